The topological polar surface area (TPSA) is 66.5 Å². The van der Waals surface area contributed by atoms with Crippen molar-refractivity contribution in [2.45, 2.75) is 4.43 Å². The summed E-state index contributed by atoms with van der Waals surface area (Å²) < 4.78 is 12.9. The van der Waals surface area contributed by atoms with E-state index in [-0.39, 0.29) is 10.6 Å². The molecule has 0 radical (unpaired) electrons. The summed E-state index contributed by atoms with van der Waals surface area (Å²) in [5.74, 6) is 1.39. The Hall–Kier alpha value is -2.29. The predicted octanol–water partition coefficient (Wildman–Crippen LogP) is 4.49. The van der Waals surface area contributed by atoms with Crippen LogP contribution in [0.1, 0.15) is 5.69 Å². The smallest absolute Gasteiger partial charge is 0.299 e. The molecule has 24 heavy (non-hydrogen) atoms. The molecule has 0 fully saturated rings. The molecule has 0 N–H and O–H groups in total. The fourth-order valence-corrected chi connectivity index (χ4v) is 3.49. The number of benzene rings is 2. The number of halogens is 1. The standard InChI is InChI=1S/C17H15IN2O4/c1-23-12-5-3-11(4-6-12)19-15-9-13(24-2)7-8-14(15)17(20(21)22)16(19)10-18/h3-9H,10H2,1-2H3. The summed E-state index contributed by atoms with van der Waals surface area (Å²) in [5.41, 5.74) is 2.37. The third-order valence-electron chi connectivity index (χ3n) is 3.88. The Kier molecular flexibility index (Phi) is 4.61. The van der Waals surface area contributed by atoms with E-state index in [0.29, 0.717) is 21.3 Å². The Labute approximate surface area is 152 Å². The van der Waals surface area contributed by atoms with Crippen LogP contribution in [-0.2, 0) is 4.43 Å². The first-order valence-corrected chi connectivity index (χ1v) is 8.69. The van der Waals surface area contributed by atoms with Crippen molar-refractivity contribution in [3.63, 3.8) is 0 Å². The first kappa shape index (κ1) is 16.6. The molecule has 0 bridgehead atoms. The number of alkyl halides is 1. The zero-order valence-electron chi connectivity index (χ0n) is 13.2. The Morgan fingerprint density at radius 2 is 1.71 bits per heavy atom. The van der Waals surface area contributed by atoms with Gasteiger partial charge in [-0.2, -0.15) is 0 Å². The summed E-state index contributed by atoms with van der Waals surface area (Å²) in [5, 5.41) is 12.2. The van der Waals surface area contributed by atoms with E-state index in [4.69, 9.17) is 9.47 Å². The minimum absolute atomic E-state index is 0.137. The highest BCUT2D eigenvalue weighted by atomic mass is 127. The van der Waals surface area contributed by atoms with Gasteiger partial charge in [-0.15, -0.1) is 0 Å². The summed E-state index contributed by atoms with van der Waals surface area (Å²) in [4.78, 5) is 11.3. The van der Waals surface area contributed by atoms with Crippen molar-refractivity contribution in [1.82, 2.24) is 4.57 Å². The number of hydrogen-bond donors (Lipinski definition) is 0. The van der Waals surface area contributed by atoms with Gasteiger partial charge in [-0.3, -0.25) is 10.1 Å². The Morgan fingerprint density at radius 3 is 2.25 bits per heavy atom. The van der Waals surface area contributed by atoms with Crippen LogP contribution >= 0.6 is 22.6 Å². The van der Waals surface area contributed by atoms with Gasteiger partial charge in [0.1, 0.15) is 17.2 Å². The van der Waals surface area contributed by atoms with Crippen LogP contribution in [0, 0.1) is 10.1 Å². The van der Waals surface area contributed by atoms with Crippen molar-refractivity contribution in [3.05, 3.63) is 58.3 Å². The molecule has 0 aliphatic heterocycles. The third-order valence-corrected chi connectivity index (χ3v) is 4.61. The first-order chi connectivity index (χ1) is 11.6. The third kappa shape index (κ3) is 2.68. The van der Waals surface area contributed by atoms with Crippen molar-refractivity contribution in [3.8, 4) is 17.2 Å². The molecule has 6 nitrogen and oxygen atoms in total. The van der Waals surface area contributed by atoms with E-state index in [1.165, 1.54) is 0 Å². The highest BCUT2D eigenvalue weighted by Crippen LogP contribution is 2.38. The summed E-state index contributed by atoms with van der Waals surface area (Å²) in [6, 6.07) is 12.7. The van der Waals surface area contributed by atoms with Crippen LogP contribution in [0.15, 0.2) is 42.5 Å². The van der Waals surface area contributed by atoms with Gasteiger partial charge >= 0.3 is 0 Å². The predicted molar refractivity (Wildman–Crippen MR) is 101 cm³/mol. The molecular weight excluding hydrogens is 423 g/mol. The molecule has 0 aliphatic carbocycles. The van der Waals surface area contributed by atoms with Crippen molar-refractivity contribution in [1.29, 1.82) is 0 Å². The first-order valence-electron chi connectivity index (χ1n) is 7.16. The number of fused-ring (bicyclic) bond motifs is 1. The second kappa shape index (κ2) is 6.68. The van der Waals surface area contributed by atoms with Gasteiger partial charge in [-0.1, -0.05) is 22.6 Å². The Balaban J connectivity index is 2.36. The maximum atomic E-state index is 11.6. The normalized spacial score (nSPS) is 10.8. The Morgan fingerprint density at radius 1 is 1.08 bits per heavy atom. The molecule has 0 unspecified atom stereocenters. The summed E-state index contributed by atoms with van der Waals surface area (Å²) in [7, 11) is 3.18. The van der Waals surface area contributed by atoms with E-state index in [9.17, 15) is 10.1 Å². The van der Waals surface area contributed by atoms with E-state index in [1.807, 2.05) is 34.9 Å². The lowest BCUT2D eigenvalue weighted by Crippen LogP contribution is -2.00. The second-order valence-electron chi connectivity index (χ2n) is 5.10. The molecule has 0 aliphatic rings. The van der Waals surface area contributed by atoms with Crippen molar-refractivity contribution >= 4 is 39.2 Å². The number of nitrogens with zero attached hydrogens (tertiary/aromatic N) is 2. The van der Waals surface area contributed by atoms with Gasteiger partial charge in [0.25, 0.3) is 5.69 Å². The van der Waals surface area contributed by atoms with Gasteiger partial charge in [-0.05, 0) is 36.4 Å². The number of hydrogen-bond acceptors (Lipinski definition) is 4. The molecule has 0 spiro atoms. The largest absolute Gasteiger partial charge is 0.497 e. The van der Waals surface area contributed by atoms with Crippen molar-refractivity contribution in [2.24, 2.45) is 0 Å². The minimum Gasteiger partial charge on any atom is -0.497 e. The molecule has 0 saturated heterocycles. The summed E-state index contributed by atoms with van der Waals surface area (Å²) in [6.45, 7) is 0. The average molecular weight is 438 g/mol. The number of methoxy groups -OCH3 is 2. The molecule has 3 rings (SSSR count). The molecule has 1 aromatic heterocycles. The lowest BCUT2D eigenvalue weighted by Gasteiger charge is -2.10. The summed E-state index contributed by atoms with van der Waals surface area (Å²) in [6.07, 6.45) is 0. The van der Waals surface area contributed by atoms with E-state index < -0.39 is 0 Å². The van der Waals surface area contributed by atoms with E-state index >= 15 is 0 Å². The second-order valence-corrected chi connectivity index (χ2v) is 5.87. The van der Waals surface area contributed by atoms with Gasteiger partial charge < -0.3 is 14.0 Å². The maximum absolute atomic E-state index is 11.6. The van der Waals surface area contributed by atoms with Crippen molar-refractivity contribution in [2.75, 3.05) is 14.2 Å². The maximum Gasteiger partial charge on any atom is 0.299 e. The molecule has 1 heterocycles. The molecule has 0 saturated carbocycles. The van der Waals surface area contributed by atoms with E-state index in [0.717, 1.165) is 17.0 Å². The molecule has 124 valence electrons. The van der Waals surface area contributed by atoms with Gasteiger partial charge in [0.05, 0.1) is 30.0 Å². The van der Waals surface area contributed by atoms with Gasteiger partial charge in [-0.25, -0.2) is 0 Å². The van der Waals surface area contributed by atoms with Crippen LogP contribution < -0.4 is 9.47 Å². The fourth-order valence-electron chi connectivity index (χ4n) is 2.78. The molecule has 2 aromatic carbocycles. The lowest BCUT2D eigenvalue weighted by molar-refractivity contribution is -0.383. The number of rotatable bonds is 5. The van der Waals surface area contributed by atoms with Gasteiger partial charge in [0.15, 0.2) is 0 Å². The zero-order chi connectivity index (χ0) is 17.3. The Bertz CT molecular complexity index is 903. The van der Waals surface area contributed by atoms with E-state index in [2.05, 4.69) is 22.6 Å². The molecule has 0 atom stereocenters. The highest BCUT2D eigenvalue weighted by Gasteiger charge is 2.26. The van der Waals surface area contributed by atoms with Gasteiger partial charge in [0.2, 0.25) is 0 Å². The molecule has 3 aromatic rings. The van der Waals surface area contributed by atoms with Crippen LogP contribution in [0.4, 0.5) is 5.69 Å². The molecule has 7 heteroatoms. The fraction of sp³-hybridized carbons (Fsp3) is 0.176. The number of aromatic nitrogens is 1. The van der Waals surface area contributed by atoms with Crippen LogP contribution in [0.5, 0.6) is 11.5 Å². The monoisotopic (exact) mass is 438 g/mol. The van der Waals surface area contributed by atoms with Crippen LogP contribution in [0.25, 0.3) is 16.6 Å². The summed E-state index contributed by atoms with van der Waals surface area (Å²) >= 11 is 2.15. The van der Waals surface area contributed by atoms with E-state index in [1.54, 1.807) is 26.4 Å². The van der Waals surface area contributed by atoms with Crippen molar-refractivity contribution < 1.29 is 14.4 Å². The molecular formula is C17H15IN2O4. The van der Waals surface area contributed by atoms with Crippen LogP contribution in [-0.4, -0.2) is 23.7 Å². The van der Waals surface area contributed by atoms with Crippen LogP contribution in [0.2, 0.25) is 0 Å². The highest BCUT2D eigenvalue weighted by molar-refractivity contribution is 14.1. The SMILES string of the molecule is COc1ccc(-n2c(CI)c([N+](=O)[O-])c3ccc(OC)cc32)cc1. The zero-order valence-corrected chi connectivity index (χ0v) is 15.3. The average Bonchev–Trinajstić information content (AvgIpc) is 2.95. The molecule has 0 amide bonds. The quantitative estimate of drug-likeness (QED) is 0.255. The number of ether oxygens (including phenoxy) is 2. The van der Waals surface area contributed by atoms with Crippen LogP contribution in [0.3, 0.4) is 0 Å². The lowest BCUT2D eigenvalue weighted by atomic mass is 10.2. The van der Waals surface area contributed by atoms with Gasteiger partial charge in [0, 0.05) is 16.2 Å². The number of nitro groups is 1. The minimum atomic E-state index is -0.317.